The van der Waals surface area contributed by atoms with Gasteiger partial charge in [0.25, 0.3) is 0 Å². The van der Waals surface area contributed by atoms with Gasteiger partial charge in [-0.25, -0.2) is 0 Å². The minimum Gasteiger partial charge on any atom is -0.423 e. The molecule has 0 unspecified atom stereocenters. The summed E-state index contributed by atoms with van der Waals surface area (Å²) in [5.41, 5.74) is 1.41. The summed E-state index contributed by atoms with van der Waals surface area (Å²) in [7, 11) is 0. The second-order valence-electron chi connectivity index (χ2n) is 10.7. The van der Waals surface area contributed by atoms with Gasteiger partial charge < -0.3 is 14.1 Å². The number of benzene rings is 1. The molecule has 4 aliphatic carbocycles. The van der Waals surface area contributed by atoms with Crippen LogP contribution in [0.5, 0.6) is 0 Å². The number of nitrogens with zero attached hydrogens (tertiary/aromatic N) is 3. The molecule has 7 rings (SSSR count). The van der Waals surface area contributed by atoms with E-state index in [1.807, 2.05) is 4.90 Å². The monoisotopic (exact) mass is 435 g/mol. The van der Waals surface area contributed by atoms with E-state index < -0.39 is 0 Å². The van der Waals surface area contributed by atoms with Crippen molar-refractivity contribution in [2.75, 3.05) is 13.1 Å². The Balaban J connectivity index is 1.15. The second-order valence-corrected chi connectivity index (χ2v) is 10.7. The second kappa shape index (κ2) is 7.68. The van der Waals surface area contributed by atoms with Gasteiger partial charge >= 0.3 is 0 Å². The van der Waals surface area contributed by atoms with Gasteiger partial charge in [0.2, 0.25) is 17.7 Å². The summed E-state index contributed by atoms with van der Waals surface area (Å²) >= 11 is 0. The van der Waals surface area contributed by atoms with E-state index in [1.54, 1.807) is 6.92 Å². The van der Waals surface area contributed by atoms with Gasteiger partial charge in [0, 0.05) is 31.8 Å². The van der Waals surface area contributed by atoms with Crippen LogP contribution in [-0.2, 0) is 21.6 Å². The Hall–Kier alpha value is -2.21. The van der Waals surface area contributed by atoms with Crippen molar-refractivity contribution in [2.45, 2.75) is 64.1 Å². The summed E-state index contributed by atoms with van der Waals surface area (Å²) in [5, 5.41) is 7.81. The number of rotatable bonds is 6. The highest BCUT2D eigenvalue weighted by Gasteiger charge is 2.60. The Kier molecular flexibility index (Phi) is 4.90. The topological polar surface area (TPSA) is 68.5 Å². The molecule has 0 atom stereocenters. The summed E-state index contributed by atoms with van der Waals surface area (Å²) in [6, 6.07) is 11.0. The lowest BCUT2D eigenvalue weighted by atomic mass is 9.41. The first-order chi connectivity index (χ1) is 15.5. The van der Waals surface area contributed by atoms with Gasteiger partial charge in [-0.2, -0.15) is 0 Å². The van der Waals surface area contributed by atoms with Crippen LogP contribution >= 0.6 is 0 Å². The Morgan fingerprint density at radius 2 is 1.75 bits per heavy atom. The van der Waals surface area contributed by atoms with Crippen LogP contribution < -0.4 is 0 Å². The molecule has 6 heteroatoms. The molecule has 170 valence electrons. The third-order valence-electron chi connectivity index (χ3n) is 9.26. The van der Waals surface area contributed by atoms with Crippen LogP contribution in [0.1, 0.15) is 56.4 Å². The van der Waals surface area contributed by atoms with Crippen LogP contribution in [0, 0.1) is 36.5 Å². The van der Waals surface area contributed by atoms with Crippen LogP contribution in [0.15, 0.2) is 34.7 Å². The molecule has 5 aliphatic rings. The molecule has 0 N–H and O–H groups in total. The van der Waals surface area contributed by atoms with Gasteiger partial charge in [-0.3, -0.25) is 4.79 Å². The quantitative estimate of drug-likeness (QED) is 0.682. The van der Waals surface area contributed by atoms with Gasteiger partial charge in [0.05, 0.1) is 6.10 Å². The van der Waals surface area contributed by atoms with E-state index in [4.69, 9.17) is 9.15 Å². The lowest BCUT2D eigenvalue weighted by Crippen LogP contribution is -2.61. The molecular weight excluding hydrogens is 402 g/mol. The molecule has 0 spiro atoms. The molecule has 4 bridgehead atoms. The standard InChI is InChI=1S/C26H33N3O3/c1-16-18-8-21-10-19(16)11-22(9-18)26(21,20-6-4-3-5-7-20)12-25(30)29-13-23(14-29)31-15-24-28-27-17(2)32-24/h3-7,16,18-19,21-23H,8-15H2,1-2H3. The maximum absolute atomic E-state index is 13.5. The number of aryl methyl sites for hydroxylation is 1. The maximum Gasteiger partial charge on any atom is 0.242 e. The molecule has 1 aromatic heterocycles. The lowest BCUT2D eigenvalue weighted by Gasteiger charge is -2.64. The van der Waals surface area contributed by atoms with Crippen molar-refractivity contribution in [1.29, 1.82) is 0 Å². The molecule has 0 radical (unpaired) electrons. The fraction of sp³-hybridized carbons (Fsp3) is 0.654. The lowest BCUT2D eigenvalue weighted by molar-refractivity contribution is -0.155. The highest BCUT2D eigenvalue weighted by atomic mass is 16.5. The Labute approximate surface area is 189 Å². The molecule has 1 amide bonds. The van der Waals surface area contributed by atoms with E-state index in [0.29, 0.717) is 55.6 Å². The molecule has 2 aromatic rings. The number of hydrogen-bond acceptors (Lipinski definition) is 5. The number of amides is 1. The smallest absolute Gasteiger partial charge is 0.242 e. The molecule has 5 fully saturated rings. The minimum atomic E-state index is 0.0126. The first kappa shape index (κ1) is 20.4. The SMILES string of the molecule is Cc1nnc(COC2CN(C(=O)CC3(c4ccccc4)C4CC5CC3CC(C4)C5C)C2)o1. The largest absolute Gasteiger partial charge is 0.423 e. The highest BCUT2D eigenvalue weighted by molar-refractivity contribution is 5.79. The Bertz CT molecular complexity index is 951. The molecule has 6 nitrogen and oxygen atoms in total. The molecular formula is C26H33N3O3. The van der Waals surface area contributed by atoms with Crippen LogP contribution in [0.3, 0.4) is 0 Å². The van der Waals surface area contributed by atoms with Crippen LogP contribution in [-0.4, -0.2) is 40.2 Å². The third-order valence-corrected chi connectivity index (χ3v) is 9.26. The maximum atomic E-state index is 13.5. The van der Waals surface area contributed by atoms with E-state index in [1.165, 1.54) is 31.2 Å². The van der Waals surface area contributed by atoms with Crippen molar-refractivity contribution in [3.05, 3.63) is 47.7 Å². The first-order valence-corrected chi connectivity index (χ1v) is 12.3. The van der Waals surface area contributed by atoms with Crippen molar-refractivity contribution in [3.63, 3.8) is 0 Å². The summed E-state index contributed by atoms with van der Waals surface area (Å²) in [6.45, 7) is 5.88. The van der Waals surface area contributed by atoms with E-state index in [9.17, 15) is 4.79 Å². The molecule has 2 heterocycles. The van der Waals surface area contributed by atoms with Gasteiger partial charge in [-0.15, -0.1) is 10.2 Å². The van der Waals surface area contributed by atoms with Crippen LogP contribution in [0.2, 0.25) is 0 Å². The van der Waals surface area contributed by atoms with E-state index in [2.05, 4.69) is 47.5 Å². The van der Waals surface area contributed by atoms with E-state index in [0.717, 1.165) is 17.8 Å². The number of likely N-dealkylation sites (tertiary alicyclic amines) is 1. The number of carbonyl (C=O) groups is 1. The highest BCUT2D eigenvalue weighted by Crippen LogP contribution is 2.65. The molecule has 1 aliphatic heterocycles. The Morgan fingerprint density at radius 3 is 2.34 bits per heavy atom. The predicted molar refractivity (Wildman–Crippen MR) is 119 cm³/mol. The third kappa shape index (κ3) is 3.21. The number of ether oxygens (including phenoxy) is 1. The summed E-state index contributed by atoms with van der Waals surface area (Å²) < 4.78 is 11.2. The molecule has 32 heavy (non-hydrogen) atoms. The van der Waals surface area contributed by atoms with Gasteiger partial charge in [0.15, 0.2) is 0 Å². The number of aromatic nitrogens is 2. The average molecular weight is 436 g/mol. The summed E-state index contributed by atoms with van der Waals surface area (Å²) in [6.07, 6.45) is 5.89. The van der Waals surface area contributed by atoms with Gasteiger partial charge in [0.1, 0.15) is 6.61 Å². The van der Waals surface area contributed by atoms with E-state index >= 15 is 0 Å². The van der Waals surface area contributed by atoms with Crippen molar-refractivity contribution in [3.8, 4) is 0 Å². The molecule has 1 aromatic carbocycles. The zero-order valence-corrected chi connectivity index (χ0v) is 19.1. The number of carbonyl (C=O) groups excluding carboxylic acids is 1. The van der Waals surface area contributed by atoms with Gasteiger partial charge in [-0.05, 0) is 60.8 Å². The Morgan fingerprint density at radius 1 is 1.09 bits per heavy atom. The van der Waals surface area contributed by atoms with Crippen molar-refractivity contribution < 1.29 is 13.9 Å². The normalized spacial score (nSPS) is 35.8. The van der Waals surface area contributed by atoms with Crippen LogP contribution in [0.25, 0.3) is 0 Å². The van der Waals surface area contributed by atoms with Crippen molar-refractivity contribution in [1.82, 2.24) is 15.1 Å². The number of hydrogen-bond donors (Lipinski definition) is 0. The minimum absolute atomic E-state index is 0.0126. The average Bonchev–Trinajstić information content (AvgIpc) is 3.17. The summed E-state index contributed by atoms with van der Waals surface area (Å²) in [4.78, 5) is 15.5. The molecule has 1 saturated heterocycles. The van der Waals surface area contributed by atoms with Crippen molar-refractivity contribution in [2.24, 2.45) is 29.6 Å². The predicted octanol–water partition coefficient (Wildman–Crippen LogP) is 4.14. The first-order valence-electron chi connectivity index (χ1n) is 12.3. The fourth-order valence-corrected chi connectivity index (χ4v) is 7.57. The fourth-order valence-electron chi connectivity index (χ4n) is 7.57. The van der Waals surface area contributed by atoms with Gasteiger partial charge in [-0.1, -0.05) is 37.3 Å². The molecule has 4 saturated carbocycles. The zero-order chi connectivity index (χ0) is 21.9. The van der Waals surface area contributed by atoms with Crippen LogP contribution in [0.4, 0.5) is 0 Å². The van der Waals surface area contributed by atoms with E-state index in [-0.39, 0.29) is 11.5 Å². The zero-order valence-electron chi connectivity index (χ0n) is 19.1. The van der Waals surface area contributed by atoms with Crippen molar-refractivity contribution >= 4 is 5.91 Å². The summed E-state index contributed by atoms with van der Waals surface area (Å²) in [5.74, 6) is 5.21.